The average Bonchev–Trinajstić information content (AvgIpc) is 2.94. The van der Waals surface area contributed by atoms with Gasteiger partial charge in [0.05, 0.1) is 7.11 Å². The zero-order valence-electron chi connectivity index (χ0n) is 11.0. The van der Waals surface area contributed by atoms with Crippen molar-refractivity contribution in [2.75, 3.05) is 7.11 Å². The van der Waals surface area contributed by atoms with E-state index in [1.807, 2.05) is 6.07 Å². The molecular formula is C15H18O4. The van der Waals surface area contributed by atoms with Crippen LogP contribution in [0.25, 0.3) is 0 Å². The first-order valence-electron chi connectivity index (χ1n) is 6.51. The molecule has 1 aromatic carbocycles. The number of carboxylic acid groups (broad SMARTS) is 1. The summed E-state index contributed by atoms with van der Waals surface area (Å²) in [5, 5.41) is 9.74. The lowest BCUT2D eigenvalue weighted by Crippen LogP contribution is -2.50. The summed E-state index contributed by atoms with van der Waals surface area (Å²) in [7, 11) is 1.25. The van der Waals surface area contributed by atoms with Gasteiger partial charge in [-0.25, -0.2) is 0 Å². The average molecular weight is 262 g/mol. The number of aliphatic carboxylic acids is 1. The van der Waals surface area contributed by atoms with Gasteiger partial charge in [-0.1, -0.05) is 43.2 Å². The van der Waals surface area contributed by atoms with Crippen molar-refractivity contribution in [1.82, 2.24) is 0 Å². The molecule has 0 heterocycles. The molecule has 1 atom stereocenters. The van der Waals surface area contributed by atoms with Crippen LogP contribution in [0.2, 0.25) is 0 Å². The lowest BCUT2D eigenvalue weighted by molar-refractivity contribution is -0.163. The molecular weight excluding hydrogens is 244 g/mol. The topological polar surface area (TPSA) is 63.6 Å². The van der Waals surface area contributed by atoms with E-state index in [9.17, 15) is 14.7 Å². The van der Waals surface area contributed by atoms with Gasteiger partial charge in [0.2, 0.25) is 0 Å². The number of benzene rings is 1. The van der Waals surface area contributed by atoms with Crippen molar-refractivity contribution < 1.29 is 19.4 Å². The number of carbonyl (C=O) groups is 2. The van der Waals surface area contributed by atoms with Crippen molar-refractivity contribution in [2.45, 2.75) is 31.1 Å². The Labute approximate surface area is 112 Å². The highest BCUT2D eigenvalue weighted by Gasteiger charge is 2.55. The summed E-state index contributed by atoms with van der Waals surface area (Å²) in [5.41, 5.74) is -1.05. The molecule has 1 aliphatic rings. The van der Waals surface area contributed by atoms with E-state index in [0.29, 0.717) is 5.56 Å². The number of carbonyl (C=O) groups excluding carboxylic acids is 1. The molecule has 0 saturated heterocycles. The molecule has 0 bridgehead atoms. The first-order valence-corrected chi connectivity index (χ1v) is 6.51. The van der Waals surface area contributed by atoms with Gasteiger partial charge in [-0.15, -0.1) is 0 Å². The van der Waals surface area contributed by atoms with Crippen LogP contribution in [-0.2, 0) is 19.7 Å². The SMILES string of the molecule is COC(=O)C(C(=O)O)(c1ccccc1)C1CCCC1. The molecule has 1 unspecified atom stereocenters. The molecule has 1 aliphatic carbocycles. The fourth-order valence-corrected chi connectivity index (χ4v) is 3.13. The Morgan fingerprint density at radius 3 is 2.26 bits per heavy atom. The van der Waals surface area contributed by atoms with Gasteiger partial charge in [-0.05, 0) is 24.3 Å². The monoisotopic (exact) mass is 262 g/mol. The molecule has 1 saturated carbocycles. The highest BCUT2D eigenvalue weighted by Crippen LogP contribution is 2.43. The summed E-state index contributed by atoms with van der Waals surface area (Å²) in [6.45, 7) is 0. The minimum Gasteiger partial charge on any atom is -0.480 e. The van der Waals surface area contributed by atoms with Crippen LogP contribution in [-0.4, -0.2) is 24.2 Å². The quantitative estimate of drug-likeness (QED) is 0.668. The number of hydrogen-bond acceptors (Lipinski definition) is 3. The van der Waals surface area contributed by atoms with E-state index in [-0.39, 0.29) is 5.92 Å². The predicted molar refractivity (Wildman–Crippen MR) is 69.7 cm³/mol. The van der Waals surface area contributed by atoms with Crippen LogP contribution in [0.4, 0.5) is 0 Å². The Kier molecular flexibility index (Phi) is 3.88. The van der Waals surface area contributed by atoms with Gasteiger partial charge < -0.3 is 9.84 Å². The molecule has 1 fully saturated rings. The van der Waals surface area contributed by atoms with Crippen molar-refractivity contribution >= 4 is 11.9 Å². The minimum absolute atomic E-state index is 0.195. The molecule has 4 heteroatoms. The van der Waals surface area contributed by atoms with Gasteiger partial charge in [0.1, 0.15) is 0 Å². The lowest BCUT2D eigenvalue weighted by atomic mass is 9.69. The van der Waals surface area contributed by atoms with E-state index in [2.05, 4.69) is 0 Å². The molecule has 1 aromatic rings. The van der Waals surface area contributed by atoms with E-state index in [1.54, 1.807) is 24.3 Å². The Bertz CT molecular complexity index is 462. The molecule has 0 radical (unpaired) electrons. The van der Waals surface area contributed by atoms with Crippen LogP contribution >= 0.6 is 0 Å². The van der Waals surface area contributed by atoms with E-state index in [1.165, 1.54) is 7.11 Å². The van der Waals surface area contributed by atoms with E-state index < -0.39 is 17.4 Å². The van der Waals surface area contributed by atoms with E-state index in [0.717, 1.165) is 25.7 Å². The maximum atomic E-state index is 12.3. The predicted octanol–water partition coefficient (Wildman–Crippen LogP) is 2.37. The van der Waals surface area contributed by atoms with Gasteiger partial charge in [0, 0.05) is 0 Å². The highest BCUT2D eigenvalue weighted by atomic mass is 16.5. The maximum absolute atomic E-state index is 12.3. The molecule has 0 amide bonds. The summed E-state index contributed by atoms with van der Waals surface area (Å²) < 4.78 is 4.82. The summed E-state index contributed by atoms with van der Waals surface area (Å²) in [4.78, 5) is 24.2. The fourth-order valence-electron chi connectivity index (χ4n) is 3.13. The number of carboxylic acids is 1. The number of rotatable bonds is 4. The second-order valence-electron chi connectivity index (χ2n) is 4.95. The normalized spacial score (nSPS) is 18.8. The van der Waals surface area contributed by atoms with Crippen molar-refractivity contribution in [2.24, 2.45) is 5.92 Å². The molecule has 1 N–H and O–H groups in total. The highest BCUT2D eigenvalue weighted by molar-refractivity contribution is 6.06. The van der Waals surface area contributed by atoms with Gasteiger partial charge in [0.25, 0.3) is 0 Å². The standard InChI is InChI=1S/C15H18O4/c1-19-14(18)15(13(16)17,12-9-5-6-10-12)11-7-3-2-4-8-11/h2-4,7-8,12H,5-6,9-10H2,1H3,(H,16,17). The van der Waals surface area contributed by atoms with Crippen molar-refractivity contribution in [3.63, 3.8) is 0 Å². The Balaban J connectivity index is 2.58. The van der Waals surface area contributed by atoms with Gasteiger partial charge >= 0.3 is 11.9 Å². The first-order chi connectivity index (χ1) is 9.14. The zero-order chi connectivity index (χ0) is 13.9. The van der Waals surface area contributed by atoms with Crippen molar-refractivity contribution in [3.8, 4) is 0 Å². The lowest BCUT2D eigenvalue weighted by Gasteiger charge is -2.32. The summed E-state index contributed by atoms with van der Waals surface area (Å²) in [6, 6.07) is 8.71. The minimum atomic E-state index is -1.56. The van der Waals surface area contributed by atoms with Crippen molar-refractivity contribution in [1.29, 1.82) is 0 Å². The molecule has 19 heavy (non-hydrogen) atoms. The smallest absolute Gasteiger partial charge is 0.328 e. The summed E-state index contributed by atoms with van der Waals surface area (Å²) in [5.74, 6) is -1.98. The first kappa shape index (κ1) is 13.6. The maximum Gasteiger partial charge on any atom is 0.328 e. The van der Waals surface area contributed by atoms with Gasteiger partial charge in [-0.2, -0.15) is 0 Å². The molecule has 0 aromatic heterocycles. The van der Waals surface area contributed by atoms with Crippen LogP contribution in [0.1, 0.15) is 31.2 Å². The summed E-state index contributed by atoms with van der Waals surface area (Å²) >= 11 is 0. The van der Waals surface area contributed by atoms with Crippen LogP contribution in [0.5, 0.6) is 0 Å². The third-order valence-corrected chi connectivity index (χ3v) is 4.04. The Morgan fingerprint density at radius 1 is 1.21 bits per heavy atom. The zero-order valence-corrected chi connectivity index (χ0v) is 11.0. The van der Waals surface area contributed by atoms with E-state index >= 15 is 0 Å². The molecule has 102 valence electrons. The molecule has 4 nitrogen and oxygen atoms in total. The number of ether oxygens (including phenoxy) is 1. The third kappa shape index (κ3) is 2.11. The van der Waals surface area contributed by atoms with Crippen LogP contribution in [0.3, 0.4) is 0 Å². The molecule has 0 aliphatic heterocycles. The molecule has 2 rings (SSSR count). The number of hydrogen-bond donors (Lipinski definition) is 1. The largest absolute Gasteiger partial charge is 0.480 e. The van der Waals surface area contributed by atoms with Gasteiger partial charge in [-0.3, -0.25) is 9.59 Å². The van der Waals surface area contributed by atoms with Crippen LogP contribution < -0.4 is 0 Å². The fraction of sp³-hybridized carbons (Fsp3) is 0.467. The number of methoxy groups -OCH3 is 1. The van der Waals surface area contributed by atoms with Crippen LogP contribution in [0, 0.1) is 5.92 Å². The second kappa shape index (κ2) is 5.43. The number of esters is 1. The molecule has 0 spiro atoms. The summed E-state index contributed by atoms with van der Waals surface area (Å²) in [6.07, 6.45) is 3.42. The Hall–Kier alpha value is -1.84. The van der Waals surface area contributed by atoms with Crippen LogP contribution in [0.15, 0.2) is 30.3 Å². The Morgan fingerprint density at radius 2 is 1.79 bits per heavy atom. The second-order valence-corrected chi connectivity index (χ2v) is 4.95. The van der Waals surface area contributed by atoms with E-state index in [4.69, 9.17) is 4.74 Å². The third-order valence-electron chi connectivity index (χ3n) is 4.04. The van der Waals surface area contributed by atoms with Crippen molar-refractivity contribution in [3.05, 3.63) is 35.9 Å². The van der Waals surface area contributed by atoms with Gasteiger partial charge in [0.15, 0.2) is 5.41 Å².